The zero-order chi connectivity index (χ0) is 19.0. The smallest absolute Gasteiger partial charge is 0.297 e. The van der Waals surface area contributed by atoms with Gasteiger partial charge in [0.25, 0.3) is 6.01 Å². The van der Waals surface area contributed by atoms with Crippen molar-refractivity contribution in [2.45, 2.75) is 25.8 Å². The van der Waals surface area contributed by atoms with Crippen LogP contribution in [0.1, 0.15) is 19.8 Å². The SMILES string of the molecule is CCN1CCC[C@@H](Nc2nc3nc(-c4c(O)cc(Cl)cc4Cl)ccc3o2)C1. The van der Waals surface area contributed by atoms with Crippen molar-refractivity contribution in [3.8, 4) is 17.0 Å². The minimum absolute atomic E-state index is 0.0249. The van der Waals surface area contributed by atoms with E-state index in [1.54, 1.807) is 18.2 Å². The molecule has 0 unspecified atom stereocenters. The first-order chi connectivity index (χ1) is 13.0. The highest BCUT2D eigenvalue weighted by Gasteiger charge is 2.21. The van der Waals surface area contributed by atoms with E-state index in [9.17, 15) is 5.11 Å². The molecular formula is C19H20Cl2N4O2. The van der Waals surface area contributed by atoms with Gasteiger partial charge in [-0.3, -0.25) is 0 Å². The van der Waals surface area contributed by atoms with Gasteiger partial charge in [-0.05, 0) is 50.2 Å². The number of halogens is 2. The van der Waals surface area contributed by atoms with Crippen LogP contribution >= 0.6 is 23.2 Å². The van der Waals surface area contributed by atoms with Crippen molar-refractivity contribution in [1.82, 2.24) is 14.9 Å². The van der Waals surface area contributed by atoms with Crippen LogP contribution in [0.25, 0.3) is 22.5 Å². The lowest BCUT2D eigenvalue weighted by Crippen LogP contribution is -2.41. The van der Waals surface area contributed by atoms with Gasteiger partial charge < -0.3 is 19.7 Å². The molecule has 1 fully saturated rings. The second-order valence-corrected chi connectivity index (χ2v) is 7.54. The number of phenolic OH excluding ortho intramolecular Hbond substituents is 1. The maximum Gasteiger partial charge on any atom is 0.297 e. The average Bonchev–Trinajstić information content (AvgIpc) is 3.02. The maximum atomic E-state index is 10.2. The molecule has 1 saturated heterocycles. The Bertz CT molecular complexity index is 952. The molecule has 0 spiro atoms. The lowest BCUT2D eigenvalue weighted by Gasteiger charge is -2.31. The number of likely N-dealkylation sites (N-methyl/N-ethyl adjacent to an activating group) is 1. The fraction of sp³-hybridized carbons (Fsp3) is 0.368. The Morgan fingerprint density at radius 2 is 2.15 bits per heavy atom. The topological polar surface area (TPSA) is 74.4 Å². The third kappa shape index (κ3) is 3.83. The first kappa shape index (κ1) is 18.3. The first-order valence-corrected chi connectivity index (χ1v) is 9.74. The third-order valence-electron chi connectivity index (χ3n) is 4.82. The summed E-state index contributed by atoms with van der Waals surface area (Å²) in [6, 6.07) is 7.30. The minimum Gasteiger partial charge on any atom is -0.507 e. The highest BCUT2D eigenvalue weighted by atomic mass is 35.5. The lowest BCUT2D eigenvalue weighted by atomic mass is 10.1. The molecule has 1 atom stereocenters. The molecule has 1 aromatic carbocycles. The number of aromatic nitrogens is 2. The van der Waals surface area contributed by atoms with Crippen molar-refractivity contribution in [3.63, 3.8) is 0 Å². The van der Waals surface area contributed by atoms with E-state index in [2.05, 4.69) is 27.1 Å². The zero-order valence-corrected chi connectivity index (χ0v) is 16.4. The number of benzene rings is 1. The summed E-state index contributed by atoms with van der Waals surface area (Å²) in [7, 11) is 0. The summed E-state index contributed by atoms with van der Waals surface area (Å²) in [6.07, 6.45) is 2.24. The molecular weight excluding hydrogens is 387 g/mol. The number of phenols is 1. The van der Waals surface area contributed by atoms with E-state index in [1.165, 1.54) is 6.07 Å². The van der Waals surface area contributed by atoms with Crippen LogP contribution in [0.3, 0.4) is 0 Å². The summed E-state index contributed by atoms with van der Waals surface area (Å²) in [5, 5.41) is 14.3. The van der Waals surface area contributed by atoms with E-state index in [4.69, 9.17) is 27.6 Å². The minimum atomic E-state index is -0.0249. The van der Waals surface area contributed by atoms with Crippen LogP contribution in [0.5, 0.6) is 5.75 Å². The number of aromatic hydroxyl groups is 1. The summed E-state index contributed by atoms with van der Waals surface area (Å²) in [6.45, 7) is 5.33. The molecule has 6 nitrogen and oxygen atoms in total. The van der Waals surface area contributed by atoms with Gasteiger partial charge in [0.05, 0.1) is 16.3 Å². The molecule has 8 heteroatoms. The molecule has 1 aliphatic heterocycles. The molecule has 0 saturated carbocycles. The number of anilines is 1. The number of hydrogen-bond donors (Lipinski definition) is 2. The lowest BCUT2D eigenvalue weighted by molar-refractivity contribution is 0.225. The van der Waals surface area contributed by atoms with Gasteiger partial charge >= 0.3 is 0 Å². The Kier molecular flexibility index (Phi) is 5.12. The monoisotopic (exact) mass is 406 g/mol. The van der Waals surface area contributed by atoms with Gasteiger partial charge in [-0.2, -0.15) is 4.98 Å². The van der Waals surface area contributed by atoms with E-state index in [-0.39, 0.29) is 5.75 Å². The van der Waals surface area contributed by atoms with Gasteiger partial charge in [-0.1, -0.05) is 30.1 Å². The second-order valence-electron chi connectivity index (χ2n) is 6.70. The average molecular weight is 407 g/mol. The van der Waals surface area contributed by atoms with E-state index < -0.39 is 0 Å². The molecule has 0 bridgehead atoms. The van der Waals surface area contributed by atoms with Crippen molar-refractivity contribution in [2.24, 2.45) is 0 Å². The summed E-state index contributed by atoms with van der Waals surface area (Å²) in [5.41, 5.74) is 1.97. The van der Waals surface area contributed by atoms with Crippen molar-refractivity contribution in [1.29, 1.82) is 0 Å². The largest absolute Gasteiger partial charge is 0.507 e. The van der Waals surface area contributed by atoms with Gasteiger partial charge in [-0.25, -0.2) is 4.98 Å². The van der Waals surface area contributed by atoms with Gasteiger partial charge in [0, 0.05) is 17.6 Å². The number of nitrogens with zero attached hydrogens (tertiary/aromatic N) is 3. The number of piperidine rings is 1. The summed E-state index contributed by atoms with van der Waals surface area (Å²) < 4.78 is 5.79. The molecule has 1 aliphatic rings. The van der Waals surface area contributed by atoms with Crippen LogP contribution < -0.4 is 5.32 Å². The summed E-state index contributed by atoms with van der Waals surface area (Å²) in [4.78, 5) is 11.4. The number of rotatable bonds is 4. The first-order valence-electron chi connectivity index (χ1n) is 8.98. The molecule has 2 N–H and O–H groups in total. The normalized spacial score (nSPS) is 18.1. The maximum absolute atomic E-state index is 10.2. The Morgan fingerprint density at radius 1 is 1.30 bits per heavy atom. The zero-order valence-electron chi connectivity index (χ0n) is 14.9. The van der Waals surface area contributed by atoms with Gasteiger partial charge in [0.2, 0.25) is 5.65 Å². The van der Waals surface area contributed by atoms with Crippen LogP contribution in [-0.4, -0.2) is 45.7 Å². The number of pyridine rings is 1. The van der Waals surface area contributed by atoms with Gasteiger partial charge in [-0.15, -0.1) is 0 Å². The number of nitrogens with one attached hydrogen (secondary N) is 1. The molecule has 0 radical (unpaired) electrons. The van der Waals surface area contributed by atoms with Crippen LogP contribution in [0.4, 0.5) is 6.01 Å². The highest BCUT2D eigenvalue weighted by molar-refractivity contribution is 6.36. The molecule has 142 valence electrons. The fourth-order valence-electron chi connectivity index (χ4n) is 3.47. The van der Waals surface area contributed by atoms with Crippen LogP contribution in [0, 0.1) is 0 Å². The van der Waals surface area contributed by atoms with Crippen molar-refractivity contribution >= 4 is 40.4 Å². The Morgan fingerprint density at radius 3 is 2.93 bits per heavy atom. The van der Waals surface area contributed by atoms with E-state index in [1.807, 2.05) is 0 Å². The molecule has 3 heterocycles. The van der Waals surface area contributed by atoms with Gasteiger partial charge in [0.1, 0.15) is 5.75 Å². The number of oxazole rings is 1. The Balaban J connectivity index is 1.61. The predicted octanol–water partition coefficient (Wildman–Crippen LogP) is 4.80. The quantitative estimate of drug-likeness (QED) is 0.647. The molecule has 4 rings (SSSR count). The molecule has 2 aromatic heterocycles. The van der Waals surface area contributed by atoms with Crippen molar-refractivity contribution in [3.05, 3.63) is 34.3 Å². The van der Waals surface area contributed by atoms with Crippen molar-refractivity contribution < 1.29 is 9.52 Å². The second kappa shape index (κ2) is 7.54. The number of fused-ring (bicyclic) bond motifs is 1. The van der Waals surface area contributed by atoms with Crippen molar-refractivity contribution in [2.75, 3.05) is 25.0 Å². The van der Waals surface area contributed by atoms with E-state index >= 15 is 0 Å². The summed E-state index contributed by atoms with van der Waals surface area (Å²) >= 11 is 12.2. The molecule has 27 heavy (non-hydrogen) atoms. The third-order valence-corrected chi connectivity index (χ3v) is 5.34. The predicted molar refractivity (Wildman–Crippen MR) is 108 cm³/mol. The standard InChI is InChI=1S/C19H20Cl2N4O2/c1-2-25-7-3-4-12(10-25)22-19-24-18-16(27-19)6-5-14(23-18)17-13(21)8-11(20)9-15(17)26/h5-6,8-9,12,26H,2-4,7,10H2,1H3,(H,22,23,24)/t12-/m1/s1. The fourth-order valence-corrected chi connectivity index (χ4v) is 4.05. The molecule has 3 aromatic rings. The molecule has 0 amide bonds. The van der Waals surface area contributed by atoms with E-state index in [0.29, 0.717) is 44.6 Å². The number of likely N-dealkylation sites (tertiary alicyclic amines) is 1. The van der Waals surface area contributed by atoms with E-state index in [0.717, 1.165) is 32.5 Å². The number of hydrogen-bond acceptors (Lipinski definition) is 6. The Hall–Kier alpha value is -2.02. The Labute approximate surface area is 167 Å². The molecule has 0 aliphatic carbocycles. The van der Waals surface area contributed by atoms with Crippen LogP contribution in [0.2, 0.25) is 10.0 Å². The summed E-state index contributed by atoms with van der Waals surface area (Å²) in [5.74, 6) is -0.0249. The van der Waals surface area contributed by atoms with Gasteiger partial charge in [0.15, 0.2) is 5.58 Å². The van der Waals surface area contributed by atoms with Crippen LogP contribution in [-0.2, 0) is 0 Å². The highest BCUT2D eigenvalue weighted by Crippen LogP contribution is 2.38. The van der Waals surface area contributed by atoms with Crippen LogP contribution in [0.15, 0.2) is 28.7 Å².